The molecule has 5 nitrogen and oxygen atoms in total. The van der Waals surface area contributed by atoms with Crippen LogP contribution in [0.2, 0.25) is 0 Å². The maximum absolute atomic E-state index is 11.5. The quantitative estimate of drug-likeness (QED) is 0.321. The van der Waals surface area contributed by atoms with Gasteiger partial charge < -0.3 is 14.5 Å². The number of rotatable bonds is 4. The van der Waals surface area contributed by atoms with Crippen LogP contribution >= 0.6 is 0 Å². The van der Waals surface area contributed by atoms with Crippen molar-refractivity contribution in [3.8, 4) is 12.3 Å². The van der Waals surface area contributed by atoms with Crippen molar-refractivity contribution in [1.29, 1.82) is 0 Å². The van der Waals surface area contributed by atoms with Gasteiger partial charge in [0, 0.05) is 6.54 Å². The number of hydrogen-bond donors (Lipinski definition) is 0. The first-order valence-corrected chi connectivity index (χ1v) is 5.47. The maximum atomic E-state index is 11.5. The van der Waals surface area contributed by atoms with Crippen LogP contribution in [0, 0.1) is 12.3 Å². The highest BCUT2D eigenvalue weighted by atomic mass is 16.6. The summed E-state index contributed by atoms with van der Waals surface area (Å²) in [6.45, 7) is 3.47. The molecule has 0 N–H and O–H groups in total. The zero-order valence-corrected chi connectivity index (χ0v) is 9.89. The molecule has 0 radical (unpaired) electrons. The van der Waals surface area contributed by atoms with E-state index in [4.69, 9.17) is 16.0 Å². The minimum Gasteiger partial charge on any atom is -0.450 e. The number of hydrogen-bond acceptors (Lipinski definition) is 4. The van der Waals surface area contributed by atoms with Crippen LogP contribution in [0.3, 0.4) is 0 Å². The van der Waals surface area contributed by atoms with Crippen LogP contribution in [0.5, 0.6) is 0 Å². The number of oxime groups is 1. The molecule has 92 valence electrons. The van der Waals surface area contributed by atoms with Crippen molar-refractivity contribution in [2.75, 3.05) is 26.3 Å². The van der Waals surface area contributed by atoms with E-state index in [1.165, 1.54) is 0 Å². The molecule has 0 unspecified atom stereocenters. The van der Waals surface area contributed by atoms with Gasteiger partial charge in [-0.15, -0.1) is 6.42 Å². The SMILES string of the molecule is C#CCO/N=C/C1=CCCN(C(=O)OCC)C1. The van der Waals surface area contributed by atoms with Crippen molar-refractivity contribution < 1.29 is 14.4 Å². The van der Waals surface area contributed by atoms with Gasteiger partial charge >= 0.3 is 6.09 Å². The second-order valence-electron chi connectivity index (χ2n) is 3.40. The van der Waals surface area contributed by atoms with Gasteiger partial charge in [-0.2, -0.15) is 0 Å². The summed E-state index contributed by atoms with van der Waals surface area (Å²) in [7, 11) is 0. The largest absolute Gasteiger partial charge is 0.450 e. The van der Waals surface area contributed by atoms with E-state index in [1.54, 1.807) is 18.0 Å². The van der Waals surface area contributed by atoms with E-state index >= 15 is 0 Å². The Morgan fingerprint density at radius 1 is 1.76 bits per heavy atom. The Balaban J connectivity index is 2.43. The Hall–Kier alpha value is -1.96. The van der Waals surface area contributed by atoms with E-state index in [2.05, 4.69) is 11.1 Å². The van der Waals surface area contributed by atoms with Crippen molar-refractivity contribution in [3.63, 3.8) is 0 Å². The van der Waals surface area contributed by atoms with E-state index in [-0.39, 0.29) is 12.7 Å². The normalized spacial score (nSPS) is 15.3. The molecule has 0 aromatic carbocycles. The van der Waals surface area contributed by atoms with Gasteiger partial charge in [0.05, 0.1) is 19.4 Å². The highest BCUT2D eigenvalue weighted by Gasteiger charge is 2.18. The fourth-order valence-corrected chi connectivity index (χ4v) is 1.41. The Morgan fingerprint density at radius 2 is 2.59 bits per heavy atom. The second kappa shape index (κ2) is 7.34. The van der Waals surface area contributed by atoms with Crippen molar-refractivity contribution >= 4 is 12.3 Å². The van der Waals surface area contributed by atoms with E-state index in [0.29, 0.717) is 19.7 Å². The van der Waals surface area contributed by atoms with Gasteiger partial charge in [-0.1, -0.05) is 17.2 Å². The van der Waals surface area contributed by atoms with Crippen molar-refractivity contribution in [3.05, 3.63) is 11.6 Å². The third-order valence-electron chi connectivity index (χ3n) is 2.15. The van der Waals surface area contributed by atoms with Crippen LogP contribution in [-0.2, 0) is 9.57 Å². The first-order valence-electron chi connectivity index (χ1n) is 5.47. The number of amides is 1. The fourth-order valence-electron chi connectivity index (χ4n) is 1.41. The van der Waals surface area contributed by atoms with Gasteiger partial charge in [-0.3, -0.25) is 0 Å². The minimum atomic E-state index is -0.295. The Labute approximate surface area is 101 Å². The summed E-state index contributed by atoms with van der Waals surface area (Å²) >= 11 is 0. The average molecular weight is 236 g/mol. The van der Waals surface area contributed by atoms with Crippen LogP contribution in [0.1, 0.15) is 13.3 Å². The fraction of sp³-hybridized carbons (Fsp3) is 0.500. The lowest BCUT2D eigenvalue weighted by Gasteiger charge is -2.24. The highest BCUT2D eigenvalue weighted by molar-refractivity contribution is 5.80. The lowest BCUT2D eigenvalue weighted by atomic mass is 10.1. The summed E-state index contributed by atoms with van der Waals surface area (Å²) in [5.74, 6) is 2.31. The molecule has 0 aromatic rings. The summed E-state index contributed by atoms with van der Waals surface area (Å²) < 4.78 is 4.93. The second-order valence-corrected chi connectivity index (χ2v) is 3.40. The molecule has 0 aliphatic carbocycles. The van der Waals surface area contributed by atoms with Gasteiger partial charge in [0.2, 0.25) is 0 Å². The molecule has 1 heterocycles. The van der Waals surface area contributed by atoms with Gasteiger partial charge in [0.25, 0.3) is 0 Å². The molecule has 1 aliphatic rings. The molecule has 5 heteroatoms. The van der Waals surface area contributed by atoms with E-state index in [9.17, 15) is 4.79 Å². The molecule has 17 heavy (non-hydrogen) atoms. The third-order valence-corrected chi connectivity index (χ3v) is 2.15. The average Bonchev–Trinajstić information content (AvgIpc) is 2.35. The smallest absolute Gasteiger partial charge is 0.410 e. The van der Waals surface area contributed by atoms with Gasteiger partial charge in [0.15, 0.2) is 6.61 Å². The van der Waals surface area contributed by atoms with Crippen molar-refractivity contribution in [1.82, 2.24) is 4.90 Å². The standard InChI is InChI=1S/C12H16N2O3/c1-3-8-17-13-9-11-6-5-7-14(10-11)12(15)16-4-2/h1,6,9H,4-5,7-8,10H2,2H3/b13-9+. The van der Waals surface area contributed by atoms with Crippen molar-refractivity contribution in [2.24, 2.45) is 5.16 Å². The molecule has 1 rings (SSSR count). The molecule has 0 bridgehead atoms. The maximum Gasteiger partial charge on any atom is 0.410 e. The lowest BCUT2D eigenvalue weighted by molar-refractivity contribution is 0.110. The number of carbonyl (C=O) groups is 1. The number of nitrogens with zero attached hydrogens (tertiary/aromatic N) is 2. The molecule has 0 fully saturated rings. The Morgan fingerprint density at radius 3 is 3.29 bits per heavy atom. The van der Waals surface area contributed by atoms with Crippen LogP contribution in [-0.4, -0.2) is 43.5 Å². The lowest BCUT2D eigenvalue weighted by Crippen LogP contribution is -2.36. The van der Waals surface area contributed by atoms with Crippen molar-refractivity contribution in [2.45, 2.75) is 13.3 Å². The van der Waals surface area contributed by atoms with E-state index in [0.717, 1.165) is 12.0 Å². The zero-order valence-electron chi connectivity index (χ0n) is 9.89. The van der Waals surface area contributed by atoms with Crippen LogP contribution in [0.25, 0.3) is 0 Å². The summed E-state index contributed by atoms with van der Waals surface area (Å²) in [6.07, 6.45) is 9.09. The monoisotopic (exact) mass is 236 g/mol. The van der Waals surface area contributed by atoms with Gasteiger partial charge in [-0.25, -0.2) is 4.79 Å². The van der Waals surface area contributed by atoms with Gasteiger partial charge in [0.1, 0.15) is 0 Å². The molecule has 1 aliphatic heterocycles. The number of carbonyl (C=O) groups excluding carboxylic acids is 1. The molecule has 0 spiro atoms. The molecule has 0 aromatic heterocycles. The van der Waals surface area contributed by atoms with Crippen LogP contribution < -0.4 is 0 Å². The predicted molar refractivity (Wildman–Crippen MR) is 64.6 cm³/mol. The topological polar surface area (TPSA) is 51.1 Å². The molecule has 1 amide bonds. The molecular formula is C12H16N2O3. The first-order chi connectivity index (χ1) is 8.27. The predicted octanol–water partition coefficient (Wildman–Crippen LogP) is 1.41. The molecule has 0 saturated carbocycles. The minimum absolute atomic E-state index is 0.144. The zero-order chi connectivity index (χ0) is 12.5. The summed E-state index contributed by atoms with van der Waals surface area (Å²) in [6, 6.07) is 0. The highest BCUT2D eigenvalue weighted by Crippen LogP contribution is 2.09. The van der Waals surface area contributed by atoms with E-state index in [1.807, 2.05) is 6.08 Å². The first kappa shape index (κ1) is 13.1. The number of terminal acetylenes is 1. The van der Waals surface area contributed by atoms with E-state index < -0.39 is 0 Å². The number of ether oxygens (including phenoxy) is 1. The van der Waals surface area contributed by atoms with Gasteiger partial charge in [-0.05, 0) is 18.9 Å². The molecule has 0 saturated heterocycles. The Bertz CT molecular complexity index is 355. The summed E-state index contributed by atoms with van der Waals surface area (Å²) in [5.41, 5.74) is 0.918. The van der Waals surface area contributed by atoms with Crippen LogP contribution in [0.15, 0.2) is 16.8 Å². The molecular weight excluding hydrogens is 220 g/mol. The Kier molecular flexibility index (Phi) is 5.66. The van der Waals surface area contributed by atoms with Crippen LogP contribution in [0.4, 0.5) is 4.79 Å². The third kappa shape index (κ3) is 4.60. The summed E-state index contributed by atoms with van der Waals surface area (Å²) in [4.78, 5) is 17.9. The summed E-state index contributed by atoms with van der Waals surface area (Å²) in [5, 5.41) is 3.71. The molecule has 0 atom stereocenters.